The highest BCUT2D eigenvalue weighted by Crippen LogP contribution is 2.35. The topological polar surface area (TPSA) is 131 Å². The van der Waals surface area contributed by atoms with Gasteiger partial charge in [-0.25, -0.2) is 4.79 Å². The summed E-state index contributed by atoms with van der Waals surface area (Å²) in [6.07, 6.45) is -0.207. The second kappa shape index (κ2) is 13.1. The Morgan fingerprint density at radius 2 is 1.56 bits per heavy atom. The van der Waals surface area contributed by atoms with Crippen LogP contribution in [0.25, 0.3) is 0 Å². The molecule has 3 atom stereocenters. The number of urea groups is 1. The van der Waals surface area contributed by atoms with E-state index in [1.807, 2.05) is 32.2 Å². The molecule has 6 rings (SSSR count). The Morgan fingerprint density at radius 1 is 0.933 bits per heavy atom. The number of carbonyl (C=O) groups excluding carboxylic acids is 2. The standard InChI is InChI=1S/C33H38N4O8/c1-20-14-37(21(2)17-38)32(39)12-23-11-24(34-33(40)35-25-6-9-28-30(13-25)44-19-42-28)5-8-26(23)45-31(20)16-36(3)15-22-4-7-27-29(10-22)43-18-41-27/h4-11,13,20-21,31,38H,12,14-19H2,1-3H3,(H2,34,35,40)/t20-,21-,31-/m0/s1. The lowest BCUT2D eigenvalue weighted by Crippen LogP contribution is -2.47. The molecule has 3 aromatic carbocycles. The van der Waals surface area contributed by atoms with Crippen molar-refractivity contribution in [3.63, 3.8) is 0 Å². The fourth-order valence-corrected chi connectivity index (χ4v) is 5.72. The summed E-state index contributed by atoms with van der Waals surface area (Å²) in [7, 11) is 2.03. The van der Waals surface area contributed by atoms with Crippen LogP contribution in [0.4, 0.5) is 16.2 Å². The molecule has 0 saturated heterocycles. The van der Waals surface area contributed by atoms with Crippen LogP contribution in [-0.4, -0.2) is 79.3 Å². The number of nitrogens with one attached hydrogen (secondary N) is 2. The van der Waals surface area contributed by atoms with E-state index in [-0.39, 0.29) is 50.6 Å². The predicted octanol–water partition coefficient (Wildman–Crippen LogP) is 4.07. The van der Waals surface area contributed by atoms with Crippen molar-refractivity contribution >= 4 is 23.3 Å². The van der Waals surface area contributed by atoms with Crippen molar-refractivity contribution in [1.82, 2.24) is 9.80 Å². The number of amides is 3. The summed E-state index contributed by atoms with van der Waals surface area (Å²) in [6, 6.07) is 15.6. The van der Waals surface area contributed by atoms with E-state index in [0.29, 0.717) is 53.8 Å². The zero-order valence-corrected chi connectivity index (χ0v) is 25.6. The average Bonchev–Trinajstić information content (AvgIpc) is 3.69. The van der Waals surface area contributed by atoms with Crippen LogP contribution >= 0.6 is 0 Å². The number of hydrogen-bond acceptors (Lipinski definition) is 9. The van der Waals surface area contributed by atoms with Gasteiger partial charge in [-0.3, -0.25) is 9.69 Å². The molecule has 0 saturated carbocycles. The van der Waals surface area contributed by atoms with Crippen LogP contribution in [0.2, 0.25) is 0 Å². The number of hydrogen-bond donors (Lipinski definition) is 3. The smallest absolute Gasteiger partial charge is 0.323 e. The van der Waals surface area contributed by atoms with Gasteiger partial charge >= 0.3 is 6.03 Å². The van der Waals surface area contributed by atoms with E-state index >= 15 is 0 Å². The highest BCUT2D eigenvalue weighted by molar-refractivity contribution is 6.00. The van der Waals surface area contributed by atoms with Gasteiger partial charge in [-0.2, -0.15) is 0 Å². The van der Waals surface area contributed by atoms with Crippen LogP contribution in [0.5, 0.6) is 28.7 Å². The number of anilines is 2. The van der Waals surface area contributed by atoms with Crippen molar-refractivity contribution in [2.45, 2.75) is 39.0 Å². The van der Waals surface area contributed by atoms with Gasteiger partial charge in [0.15, 0.2) is 23.0 Å². The van der Waals surface area contributed by atoms with Gasteiger partial charge in [0.25, 0.3) is 0 Å². The molecule has 45 heavy (non-hydrogen) atoms. The van der Waals surface area contributed by atoms with Crippen LogP contribution in [0.15, 0.2) is 54.6 Å². The molecule has 0 bridgehead atoms. The lowest BCUT2D eigenvalue weighted by molar-refractivity contribution is -0.134. The van der Waals surface area contributed by atoms with Crippen molar-refractivity contribution in [2.75, 3.05) is 51.0 Å². The molecule has 3 amide bonds. The number of carbonyl (C=O) groups is 2. The summed E-state index contributed by atoms with van der Waals surface area (Å²) in [4.78, 5) is 30.3. The molecule has 0 fully saturated rings. The molecular weight excluding hydrogens is 580 g/mol. The van der Waals surface area contributed by atoms with E-state index in [1.165, 1.54) is 0 Å². The molecule has 0 unspecified atom stereocenters. The highest BCUT2D eigenvalue weighted by atomic mass is 16.7. The van der Waals surface area contributed by atoms with Crippen LogP contribution in [0, 0.1) is 5.92 Å². The van der Waals surface area contributed by atoms with E-state index < -0.39 is 6.03 Å². The van der Waals surface area contributed by atoms with Crippen molar-refractivity contribution in [2.24, 2.45) is 5.92 Å². The van der Waals surface area contributed by atoms with Gasteiger partial charge in [-0.1, -0.05) is 13.0 Å². The van der Waals surface area contributed by atoms with Gasteiger partial charge < -0.3 is 44.3 Å². The third-order valence-electron chi connectivity index (χ3n) is 8.19. The fourth-order valence-electron chi connectivity index (χ4n) is 5.72. The average molecular weight is 619 g/mol. The van der Waals surface area contributed by atoms with Crippen LogP contribution < -0.4 is 34.3 Å². The normalized spacial score (nSPS) is 19.2. The van der Waals surface area contributed by atoms with Crippen LogP contribution in [-0.2, 0) is 17.8 Å². The van der Waals surface area contributed by atoms with Crippen LogP contribution in [0.3, 0.4) is 0 Å². The first kappa shape index (κ1) is 30.4. The first-order valence-corrected chi connectivity index (χ1v) is 15.0. The largest absolute Gasteiger partial charge is 0.488 e. The lowest BCUT2D eigenvalue weighted by atomic mass is 10.0. The summed E-state index contributed by atoms with van der Waals surface area (Å²) >= 11 is 0. The number of nitrogens with zero attached hydrogens (tertiary/aromatic N) is 2. The zero-order chi connectivity index (χ0) is 31.5. The number of rotatable bonds is 8. The summed E-state index contributed by atoms with van der Waals surface area (Å²) in [5.74, 6) is 3.09. The first-order chi connectivity index (χ1) is 21.7. The zero-order valence-electron chi connectivity index (χ0n) is 25.6. The maximum absolute atomic E-state index is 13.6. The van der Waals surface area contributed by atoms with Gasteiger partial charge in [-0.15, -0.1) is 0 Å². The number of aliphatic hydroxyl groups excluding tert-OH is 1. The summed E-state index contributed by atoms with van der Waals surface area (Å²) in [6.45, 7) is 5.79. The summed E-state index contributed by atoms with van der Waals surface area (Å²) in [5.41, 5.74) is 2.79. The van der Waals surface area contributed by atoms with Crippen molar-refractivity contribution < 1.29 is 38.4 Å². The van der Waals surface area contributed by atoms with Crippen molar-refractivity contribution in [3.8, 4) is 28.7 Å². The molecule has 238 valence electrons. The molecule has 3 aliphatic heterocycles. The van der Waals surface area contributed by atoms with Gasteiger partial charge in [-0.05, 0) is 62.0 Å². The molecular formula is C33H38N4O8. The first-order valence-electron chi connectivity index (χ1n) is 15.0. The van der Waals surface area contributed by atoms with E-state index in [0.717, 1.165) is 17.1 Å². The second-order valence-corrected chi connectivity index (χ2v) is 11.7. The summed E-state index contributed by atoms with van der Waals surface area (Å²) < 4.78 is 28.3. The second-order valence-electron chi connectivity index (χ2n) is 11.7. The fraction of sp³-hybridized carbons (Fsp3) is 0.394. The molecule has 0 spiro atoms. The van der Waals surface area contributed by atoms with E-state index in [9.17, 15) is 14.7 Å². The molecule has 3 N–H and O–H groups in total. The minimum Gasteiger partial charge on any atom is -0.488 e. The Morgan fingerprint density at radius 3 is 2.27 bits per heavy atom. The molecule has 0 aromatic heterocycles. The molecule has 0 radical (unpaired) electrons. The maximum Gasteiger partial charge on any atom is 0.323 e. The van der Waals surface area contributed by atoms with Gasteiger partial charge in [0, 0.05) is 48.6 Å². The van der Waals surface area contributed by atoms with Crippen molar-refractivity contribution in [1.29, 1.82) is 0 Å². The highest BCUT2D eigenvalue weighted by Gasteiger charge is 2.31. The van der Waals surface area contributed by atoms with Gasteiger partial charge in [0.2, 0.25) is 19.5 Å². The van der Waals surface area contributed by atoms with Gasteiger partial charge in [0.1, 0.15) is 11.9 Å². The van der Waals surface area contributed by atoms with Crippen molar-refractivity contribution in [3.05, 3.63) is 65.7 Å². The number of fused-ring (bicyclic) bond motifs is 3. The molecule has 3 aromatic rings. The number of aliphatic hydroxyl groups is 1. The monoisotopic (exact) mass is 618 g/mol. The number of likely N-dealkylation sites (N-methyl/N-ethyl adjacent to an activating group) is 1. The summed E-state index contributed by atoms with van der Waals surface area (Å²) in [5, 5.41) is 15.6. The van der Waals surface area contributed by atoms with Crippen LogP contribution in [0.1, 0.15) is 25.0 Å². The van der Waals surface area contributed by atoms with E-state index in [4.69, 9.17) is 23.7 Å². The Balaban J connectivity index is 1.19. The maximum atomic E-state index is 13.6. The molecule has 12 heteroatoms. The minimum atomic E-state index is -0.448. The Hall–Kier alpha value is -4.68. The predicted molar refractivity (Wildman–Crippen MR) is 166 cm³/mol. The Kier molecular flexibility index (Phi) is 8.85. The Labute approximate surface area is 261 Å². The minimum absolute atomic E-state index is 0.0432. The Bertz CT molecular complexity index is 1570. The third kappa shape index (κ3) is 7.02. The van der Waals surface area contributed by atoms with E-state index in [1.54, 1.807) is 41.3 Å². The molecule has 12 nitrogen and oxygen atoms in total. The number of benzene rings is 3. The third-order valence-corrected chi connectivity index (χ3v) is 8.19. The molecule has 3 aliphatic rings. The lowest BCUT2D eigenvalue weighted by Gasteiger charge is -2.34. The van der Waals surface area contributed by atoms with E-state index in [2.05, 4.69) is 22.5 Å². The van der Waals surface area contributed by atoms with Gasteiger partial charge in [0.05, 0.1) is 19.1 Å². The number of ether oxygens (including phenoxy) is 5. The SMILES string of the molecule is C[C@H]1CN([C@@H](C)CO)C(=O)Cc2cc(NC(=O)Nc3ccc4c(c3)OCO4)ccc2O[C@H]1CN(C)Cc1ccc2c(c1)OCO2. The quantitative estimate of drug-likeness (QED) is 0.342. The molecule has 3 heterocycles. The molecule has 0 aliphatic carbocycles.